The summed E-state index contributed by atoms with van der Waals surface area (Å²) in [6, 6.07) is 8.78. The van der Waals surface area contributed by atoms with Gasteiger partial charge in [0.05, 0.1) is 0 Å². The Bertz CT molecular complexity index is 544. The number of rotatable bonds is 4. The molecule has 1 aromatic carbocycles. The highest BCUT2D eigenvalue weighted by Gasteiger charge is 2.04. The molecule has 0 aliphatic carbocycles. The number of hydrogen-bond donors (Lipinski definition) is 2. The van der Waals surface area contributed by atoms with Gasteiger partial charge in [-0.25, -0.2) is 13.8 Å². The highest BCUT2D eigenvalue weighted by atomic mass is 19.1. The topological polar surface area (TPSA) is 37.0 Å². The molecule has 1 heterocycles. The third-order valence-corrected chi connectivity index (χ3v) is 2.47. The maximum Gasteiger partial charge on any atom is 0.128 e. The van der Waals surface area contributed by atoms with Crippen LogP contribution >= 0.6 is 0 Å². The highest BCUT2D eigenvalue weighted by Crippen LogP contribution is 2.13. The summed E-state index contributed by atoms with van der Waals surface area (Å²) in [6.45, 7) is 0.184. The van der Waals surface area contributed by atoms with Crippen LogP contribution in [0.5, 0.6) is 0 Å². The number of aromatic nitrogens is 1. The summed E-state index contributed by atoms with van der Waals surface area (Å²) in [5.74, 6) is 0.420. The lowest BCUT2D eigenvalue weighted by Crippen LogP contribution is -2.04. The van der Waals surface area contributed by atoms with E-state index in [0.717, 1.165) is 12.1 Å². The highest BCUT2D eigenvalue weighted by molar-refractivity contribution is 5.45. The molecule has 0 aliphatic rings. The predicted octanol–water partition coefficient (Wildman–Crippen LogP) is 3.01. The zero-order valence-electron chi connectivity index (χ0n) is 9.87. The molecule has 3 nitrogen and oxygen atoms in total. The molecule has 0 aliphatic heterocycles. The van der Waals surface area contributed by atoms with Crippen molar-refractivity contribution in [3.63, 3.8) is 0 Å². The van der Waals surface area contributed by atoms with Crippen LogP contribution in [0.3, 0.4) is 0 Å². The molecule has 0 atom stereocenters. The standard InChI is InChI=1S/C13H13F2N3/c1-16-12-3-2-4-13(18-12)17-8-9-7-10(14)5-6-11(9)15/h2-7H,8H2,1H3,(H2,16,17,18). The Labute approximate surface area is 104 Å². The van der Waals surface area contributed by atoms with Gasteiger partial charge in [-0.3, -0.25) is 0 Å². The zero-order valence-corrected chi connectivity index (χ0v) is 9.87. The van der Waals surface area contributed by atoms with Crippen LogP contribution in [0.1, 0.15) is 5.56 Å². The second kappa shape index (κ2) is 5.44. The molecule has 0 bridgehead atoms. The number of benzene rings is 1. The minimum atomic E-state index is -0.454. The third-order valence-electron chi connectivity index (χ3n) is 2.47. The summed E-state index contributed by atoms with van der Waals surface area (Å²) < 4.78 is 26.3. The van der Waals surface area contributed by atoms with Gasteiger partial charge in [0.15, 0.2) is 0 Å². The van der Waals surface area contributed by atoms with E-state index < -0.39 is 11.6 Å². The number of nitrogens with one attached hydrogen (secondary N) is 2. The normalized spacial score (nSPS) is 10.2. The summed E-state index contributed by atoms with van der Waals surface area (Å²) in [4.78, 5) is 4.22. The Morgan fingerprint density at radius 3 is 2.67 bits per heavy atom. The van der Waals surface area contributed by atoms with Gasteiger partial charge in [0, 0.05) is 19.2 Å². The average Bonchev–Trinajstić information content (AvgIpc) is 2.40. The van der Waals surface area contributed by atoms with Gasteiger partial charge in [-0.05, 0) is 30.3 Å². The Morgan fingerprint density at radius 1 is 1.11 bits per heavy atom. The Morgan fingerprint density at radius 2 is 1.89 bits per heavy atom. The van der Waals surface area contributed by atoms with Crippen LogP contribution in [0.2, 0.25) is 0 Å². The van der Waals surface area contributed by atoms with Crippen LogP contribution in [0.25, 0.3) is 0 Å². The molecular weight excluding hydrogens is 236 g/mol. The van der Waals surface area contributed by atoms with E-state index in [9.17, 15) is 8.78 Å². The number of anilines is 2. The van der Waals surface area contributed by atoms with Crippen molar-refractivity contribution in [2.24, 2.45) is 0 Å². The number of halogens is 2. The maximum atomic E-state index is 13.4. The van der Waals surface area contributed by atoms with Gasteiger partial charge in [-0.15, -0.1) is 0 Å². The summed E-state index contributed by atoms with van der Waals surface area (Å²) in [7, 11) is 1.76. The van der Waals surface area contributed by atoms with Crippen LogP contribution in [0.4, 0.5) is 20.4 Å². The summed E-state index contributed by atoms with van der Waals surface area (Å²) in [6.07, 6.45) is 0. The van der Waals surface area contributed by atoms with E-state index in [1.54, 1.807) is 13.1 Å². The fourth-order valence-corrected chi connectivity index (χ4v) is 1.54. The Kier molecular flexibility index (Phi) is 3.72. The smallest absolute Gasteiger partial charge is 0.128 e. The van der Waals surface area contributed by atoms with Gasteiger partial charge in [-0.2, -0.15) is 0 Å². The van der Waals surface area contributed by atoms with Gasteiger partial charge in [0.2, 0.25) is 0 Å². The second-order valence-corrected chi connectivity index (χ2v) is 3.75. The van der Waals surface area contributed by atoms with Gasteiger partial charge in [-0.1, -0.05) is 6.07 Å². The van der Waals surface area contributed by atoms with Crippen molar-refractivity contribution in [3.05, 3.63) is 53.6 Å². The lowest BCUT2D eigenvalue weighted by Gasteiger charge is -2.08. The van der Waals surface area contributed by atoms with E-state index in [2.05, 4.69) is 15.6 Å². The first-order valence-corrected chi connectivity index (χ1v) is 5.51. The first-order valence-electron chi connectivity index (χ1n) is 5.51. The van der Waals surface area contributed by atoms with Crippen LogP contribution in [0, 0.1) is 11.6 Å². The molecule has 0 amide bonds. The largest absolute Gasteiger partial charge is 0.373 e. The molecule has 0 fully saturated rings. The van der Waals surface area contributed by atoms with E-state index in [0.29, 0.717) is 11.6 Å². The van der Waals surface area contributed by atoms with Crippen LogP contribution in [-0.4, -0.2) is 12.0 Å². The fourth-order valence-electron chi connectivity index (χ4n) is 1.54. The predicted molar refractivity (Wildman–Crippen MR) is 67.5 cm³/mol. The average molecular weight is 249 g/mol. The quantitative estimate of drug-likeness (QED) is 0.874. The van der Waals surface area contributed by atoms with Crippen LogP contribution in [0.15, 0.2) is 36.4 Å². The molecule has 0 spiro atoms. The Balaban J connectivity index is 2.08. The minimum absolute atomic E-state index is 0.184. The van der Waals surface area contributed by atoms with Crippen molar-refractivity contribution >= 4 is 11.6 Å². The maximum absolute atomic E-state index is 13.4. The molecule has 94 valence electrons. The lowest BCUT2D eigenvalue weighted by molar-refractivity contribution is 0.587. The number of nitrogens with zero attached hydrogens (tertiary/aromatic N) is 1. The van der Waals surface area contributed by atoms with Crippen molar-refractivity contribution in [2.75, 3.05) is 17.7 Å². The van der Waals surface area contributed by atoms with E-state index in [1.165, 1.54) is 6.07 Å². The summed E-state index contributed by atoms with van der Waals surface area (Å²) in [5.41, 5.74) is 0.270. The van der Waals surface area contributed by atoms with Crippen molar-refractivity contribution in [3.8, 4) is 0 Å². The van der Waals surface area contributed by atoms with E-state index in [1.807, 2.05) is 12.1 Å². The first-order chi connectivity index (χ1) is 8.69. The molecule has 5 heteroatoms. The van der Waals surface area contributed by atoms with E-state index >= 15 is 0 Å². The minimum Gasteiger partial charge on any atom is -0.373 e. The van der Waals surface area contributed by atoms with Gasteiger partial charge >= 0.3 is 0 Å². The molecule has 2 N–H and O–H groups in total. The summed E-state index contributed by atoms with van der Waals surface area (Å²) in [5, 5.41) is 5.85. The van der Waals surface area contributed by atoms with Crippen LogP contribution in [-0.2, 0) is 6.54 Å². The van der Waals surface area contributed by atoms with Crippen molar-refractivity contribution in [1.82, 2.24) is 4.98 Å². The molecule has 2 aromatic rings. The van der Waals surface area contributed by atoms with Crippen molar-refractivity contribution < 1.29 is 8.78 Å². The summed E-state index contributed by atoms with van der Waals surface area (Å²) >= 11 is 0. The van der Waals surface area contributed by atoms with Gasteiger partial charge < -0.3 is 10.6 Å². The molecule has 2 rings (SSSR count). The third kappa shape index (κ3) is 2.94. The van der Waals surface area contributed by atoms with Crippen LogP contribution < -0.4 is 10.6 Å². The van der Waals surface area contributed by atoms with Gasteiger partial charge in [0.25, 0.3) is 0 Å². The zero-order chi connectivity index (χ0) is 13.0. The Hall–Kier alpha value is -2.17. The molecule has 1 aromatic heterocycles. The molecule has 0 saturated carbocycles. The molecule has 0 radical (unpaired) electrons. The number of hydrogen-bond acceptors (Lipinski definition) is 3. The van der Waals surface area contributed by atoms with E-state index in [-0.39, 0.29) is 12.1 Å². The SMILES string of the molecule is CNc1cccc(NCc2cc(F)ccc2F)n1. The molecular formula is C13H13F2N3. The lowest BCUT2D eigenvalue weighted by atomic mass is 10.2. The van der Waals surface area contributed by atoms with Gasteiger partial charge in [0.1, 0.15) is 23.3 Å². The van der Waals surface area contributed by atoms with E-state index in [4.69, 9.17) is 0 Å². The fraction of sp³-hybridized carbons (Fsp3) is 0.154. The second-order valence-electron chi connectivity index (χ2n) is 3.75. The monoisotopic (exact) mass is 249 g/mol. The van der Waals surface area contributed by atoms with Crippen molar-refractivity contribution in [2.45, 2.75) is 6.54 Å². The molecule has 18 heavy (non-hydrogen) atoms. The molecule has 0 saturated heterocycles. The first kappa shape index (κ1) is 12.3. The molecule has 0 unspecified atom stereocenters. The number of pyridine rings is 1. The van der Waals surface area contributed by atoms with Crippen molar-refractivity contribution in [1.29, 1.82) is 0 Å².